The number of hydrogen-bond acceptors (Lipinski definition) is 5. The summed E-state index contributed by atoms with van der Waals surface area (Å²) in [6.45, 7) is 0.638. The Kier molecular flexibility index (Phi) is 5.11. The van der Waals surface area contributed by atoms with E-state index in [1.165, 1.54) is 6.92 Å². The van der Waals surface area contributed by atoms with Gasteiger partial charge in [-0.05, 0) is 6.92 Å². The lowest BCUT2D eigenvalue weighted by molar-refractivity contribution is -0.386. The fourth-order valence-corrected chi connectivity index (χ4v) is 1.43. The van der Waals surface area contributed by atoms with Crippen LogP contribution >= 0.6 is 0 Å². The molecule has 0 fully saturated rings. The van der Waals surface area contributed by atoms with Crippen molar-refractivity contribution in [1.29, 1.82) is 0 Å². The van der Waals surface area contributed by atoms with Gasteiger partial charge in [0.05, 0.1) is 30.4 Å². The predicted octanol–water partition coefficient (Wildman–Crippen LogP) is 2.16. The maximum atomic E-state index is 12.0. The Morgan fingerprint density at radius 2 is 2.24 bits per heavy atom. The van der Waals surface area contributed by atoms with Crippen LogP contribution in [0.25, 0.3) is 0 Å². The molecular formula is C10H12F3N3O5. The number of aliphatic carboxylic acids is 1. The fraction of sp³-hybridized carbons (Fsp3) is 0.600. The Morgan fingerprint density at radius 1 is 1.62 bits per heavy atom. The molecule has 8 nitrogen and oxygen atoms in total. The summed E-state index contributed by atoms with van der Waals surface area (Å²) in [5.41, 5.74) is -0.616. The minimum Gasteiger partial charge on any atom is -0.481 e. The van der Waals surface area contributed by atoms with Crippen molar-refractivity contribution in [2.75, 3.05) is 6.61 Å². The minimum atomic E-state index is -4.45. The van der Waals surface area contributed by atoms with Gasteiger partial charge < -0.3 is 9.84 Å². The molecule has 1 atom stereocenters. The first-order valence-electron chi connectivity index (χ1n) is 5.75. The Hall–Kier alpha value is -2.33. The first-order valence-corrected chi connectivity index (χ1v) is 5.75. The highest BCUT2D eigenvalue weighted by molar-refractivity contribution is 5.67. The van der Waals surface area contributed by atoms with E-state index in [-0.39, 0.29) is 6.42 Å². The molecule has 0 amide bonds. The highest BCUT2D eigenvalue weighted by Crippen LogP contribution is 2.28. The molecule has 0 aromatic carbocycles. The summed E-state index contributed by atoms with van der Waals surface area (Å²) in [6, 6.07) is -0.707. The van der Waals surface area contributed by atoms with Crippen LogP contribution in [0.5, 0.6) is 5.88 Å². The third kappa shape index (κ3) is 5.28. The second-order valence-corrected chi connectivity index (χ2v) is 4.22. The summed E-state index contributed by atoms with van der Waals surface area (Å²) in [7, 11) is 0. The van der Waals surface area contributed by atoms with Crippen molar-refractivity contribution in [1.82, 2.24) is 9.78 Å². The Bertz CT molecular complexity index is 528. The minimum absolute atomic E-state index is 0.346. The maximum absolute atomic E-state index is 12.0. The van der Waals surface area contributed by atoms with Gasteiger partial charge in [-0.1, -0.05) is 0 Å². The summed E-state index contributed by atoms with van der Waals surface area (Å²) in [5, 5.41) is 23.0. The largest absolute Gasteiger partial charge is 0.481 e. The van der Waals surface area contributed by atoms with Crippen molar-refractivity contribution in [2.24, 2.45) is 0 Å². The van der Waals surface area contributed by atoms with Crippen LogP contribution in [-0.2, 0) is 4.79 Å². The maximum Gasteiger partial charge on any atom is 0.392 e. The Balaban J connectivity index is 2.84. The smallest absolute Gasteiger partial charge is 0.392 e. The van der Waals surface area contributed by atoms with Crippen molar-refractivity contribution in [2.45, 2.75) is 32.0 Å². The molecule has 1 unspecified atom stereocenters. The number of rotatable bonds is 7. The molecule has 1 aromatic rings. The van der Waals surface area contributed by atoms with Crippen molar-refractivity contribution >= 4 is 11.7 Å². The lowest BCUT2D eigenvalue weighted by atomic mass is 10.2. The molecule has 11 heteroatoms. The highest BCUT2D eigenvalue weighted by Gasteiger charge is 2.29. The molecule has 0 bridgehead atoms. The van der Waals surface area contributed by atoms with Crippen molar-refractivity contribution in [3.63, 3.8) is 0 Å². The number of hydrogen-bond donors (Lipinski definition) is 1. The van der Waals surface area contributed by atoms with Gasteiger partial charge in [-0.15, -0.1) is 5.10 Å². The molecule has 0 saturated heterocycles. The molecule has 0 spiro atoms. The normalized spacial score (nSPS) is 13.0. The number of carboxylic acid groups (broad SMARTS) is 1. The summed E-state index contributed by atoms with van der Waals surface area (Å²) < 4.78 is 41.6. The number of ether oxygens (including phenoxy) is 1. The van der Waals surface area contributed by atoms with Crippen molar-refractivity contribution in [3.8, 4) is 5.88 Å². The number of halogens is 3. The van der Waals surface area contributed by atoms with Gasteiger partial charge in [0.1, 0.15) is 6.20 Å². The molecule has 1 aromatic heterocycles. The monoisotopic (exact) mass is 311 g/mol. The average Bonchev–Trinajstić information content (AvgIpc) is 2.70. The van der Waals surface area contributed by atoms with E-state index in [0.717, 1.165) is 10.9 Å². The van der Waals surface area contributed by atoms with E-state index in [1.807, 2.05) is 0 Å². The van der Waals surface area contributed by atoms with Gasteiger partial charge in [0, 0.05) is 0 Å². The lowest BCUT2D eigenvalue weighted by Crippen LogP contribution is -2.14. The van der Waals surface area contributed by atoms with E-state index < -0.39 is 47.7 Å². The van der Waals surface area contributed by atoms with E-state index in [2.05, 4.69) is 9.84 Å². The lowest BCUT2D eigenvalue weighted by Gasteiger charge is -2.08. The first kappa shape index (κ1) is 16.7. The van der Waals surface area contributed by atoms with Gasteiger partial charge in [-0.25, -0.2) is 0 Å². The van der Waals surface area contributed by atoms with Gasteiger partial charge in [-0.3, -0.25) is 19.6 Å². The van der Waals surface area contributed by atoms with Gasteiger partial charge >= 0.3 is 23.7 Å². The summed E-state index contributed by atoms with van der Waals surface area (Å²) in [5.74, 6) is -1.71. The van der Waals surface area contributed by atoms with Crippen LogP contribution in [0, 0.1) is 10.1 Å². The molecule has 1 heterocycles. The molecule has 0 aliphatic heterocycles. The van der Waals surface area contributed by atoms with E-state index in [1.54, 1.807) is 0 Å². The van der Waals surface area contributed by atoms with E-state index in [4.69, 9.17) is 5.11 Å². The third-order valence-corrected chi connectivity index (χ3v) is 2.42. The van der Waals surface area contributed by atoms with Crippen LogP contribution in [-0.4, -0.2) is 38.6 Å². The first-order chi connectivity index (χ1) is 9.60. The number of nitrogens with zero attached hydrogens (tertiary/aromatic N) is 3. The van der Waals surface area contributed by atoms with Crippen LogP contribution in [0.15, 0.2) is 6.20 Å². The van der Waals surface area contributed by atoms with Crippen LogP contribution in [0.1, 0.15) is 25.8 Å². The second-order valence-electron chi connectivity index (χ2n) is 4.22. The third-order valence-electron chi connectivity index (χ3n) is 2.42. The molecule has 1 N–H and O–H groups in total. The van der Waals surface area contributed by atoms with Crippen LogP contribution < -0.4 is 4.74 Å². The van der Waals surface area contributed by atoms with Crippen molar-refractivity contribution < 1.29 is 32.7 Å². The van der Waals surface area contributed by atoms with E-state index in [9.17, 15) is 28.1 Å². The molecule has 0 radical (unpaired) electrons. The highest BCUT2D eigenvalue weighted by atomic mass is 19.4. The van der Waals surface area contributed by atoms with Crippen LogP contribution in [0.3, 0.4) is 0 Å². The Labute approximate surface area is 116 Å². The molecule has 21 heavy (non-hydrogen) atoms. The number of carboxylic acids is 1. The van der Waals surface area contributed by atoms with Crippen LogP contribution in [0.4, 0.5) is 18.9 Å². The van der Waals surface area contributed by atoms with Gasteiger partial charge in [0.15, 0.2) is 0 Å². The summed E-state index contributed by atoms with van der Waals surface area (Å²) in [6.07, 6.45) is -5.15. The number of nitro groups is 1. The molecule has 0 aliphatic rings. The summed E-state index contributed by atoms with van der Waals surface area (Å²) in [4.78, 5) is 20.5. The number of alkyl halides is 3. The Morgan fingerprint density at radius 3 is 2.71 bits per heavy atom. The quantitative estimate of drug-likeness (QED) is 0.610. The molecule has 118 valence electrons. The average molecular weight is 311 g/mol. The number of aromatic nitrogens is 2. The fourth-order valence-electron chi connectivity index (χ4n) is 1.43. The molecule has 1 rings (SSSR count). The standard InChI is InChI=1S/C10H12F3N3O5/c1-6(4-8(17)18)15-5-7(16(19)20)9(14-15)21-3-2-10(11,12)13/h5-6H,2-4H2,1H3,(H,17,18). The topological polar surface area (TPSA) is 107 Å². The molecule has 0 aliphatic carbocycles. The zero-order valence-corrected chi connectivity index (χ0v) is 10.8. The molecule has 0 saturated carbocycles. The second kappa shape index (κ2) is 6.41. The SMILES string of the molecule is CC(CC(=O)O)n1cc([N+](=O)[O-])c(OCCC(F)(F)F)n1. The van der Waals surface area contributed by atoms with E-state index in [0.29, 0.717) is 0 Å². The zero-order valence-electron chi connectivity index (χ0n) is 10.8. The number of carbonyl (C=O) groups is 1. The van der Waals surface area contributed by atoms with Gasteiger partial charge in [-0.2, -0.15) is 13.2 Å². The van der Waals surface area contributed by atoms with Crippen molar-refractivity contribution in [3.05, 3.63) is 16.3 Å². The predicted molar refractivity (Wildman–Crippen MR) is 62.0 cm³/mol. The van der Waals surface area contributed by atoms with Gasteiger partial charge in [0.25, 0.3) is 0 Å². The zero-order chi connectivity index (χ0) is 16.2. The molecular weight excluding hydrogens is 299 g/mol. The van der Waals surface area contributed by atoms with E-state index >= 15 is 0 Å². The van der Waals surface area contributed by atoms with Crippen LogP contribution in [0.2, 0.25) is 0 Å². The summed E-state index contributed by atoms with van der Waals surface area (Å²) >= 11 is 0. The van der Waals surface area contributed by atoms with Gasteiger partial charge in [0.2, 0.25) is 0 Å².